The van der Waals surface area contributed by atoms with Gasteiger partial charge in [-0.1, -0.05) is 30.3 Å². The maximum absolute atomic E-state index is 11.7. The zero-order valence-corrected chi connectivity index (χ0v) is 8.81. The number of nitrogens with two attached hydrogens (primary N) is 1. The van der Waals surface area contributed by atoms with E-state index in [1.165, 1.54) is 0 Å². The zero-order chi connectivity index (χ0) is 11.3. The molecule has 0 bridgehead atoms. The van der Waals surface area contributed by atoms with Crippen LogP contribution in [-0.2, 0) is 9.63 Å². The number of benzene rings is 1. The number of carbonyl (C=O) groups excluding carboxylic acids is 2. The van der Waals surface area contributed by atoms with E-state index in [-0.39, 0.29) is 12.2 Å². The lowest BCUT2D eigenvalue weighted by Gasteiger charge is -2.07. The van der Waals surface area contributed by atoms with Gasteiger partial charge in [-0.05, 0) is 0 Å². The Kier molecular flexibility index (Phi) is 4.33. The van der Waals surface area contributed by atoms with Crippen LogP contribution >= 0.6 is 12.6 Å². The first kappa shape index (κ1) is 11.7. The van der Waals surface area contributed by atoms with Gasteiger partial charge in [-0.3, -0.25) is 9.59 Å². The van der Waals surface area contributed by atoms with Crippen LogP contribution in [-0.4, -0.2) is 17.0 Å². The van der Waals surface area contributed by atoms with Crippen molar-refractivity contribution in [3.8, 4) is 0 Å². The minimum atomic E-state index is -0.719. The summed E-state index contributed by atoms with van der Waals surface area (Å²) in [5, 5.41) is -0.719. The van der Waals surface area contributed by atoms with Gasteiger partial charge in [0.1, 0.15) is 0 Å². The van der Waals surface area contributed by atoms with Gasteiger partial charge in [0.15, 0.2) is 5.78 Å². The van der Waals surface area contributed by atoms with Crippen molar-refractivity contribution in [2.75, 3.05) is 0 Å². The molecule has 1 aromatic carbocycles. The fourth-order valence-electron chi connectivity index (χ4n) is 1.09. The van der Waals surface area contributed by atoms with Gasteiger partial charge in [0.2, 0.25) is 0 Å². The highest BCUT2D eigenvalue weighted by Gasteiger charge is 2.19. The monoisotopic (exact) mass is 225 g/mol. The SMILES string of the molecule is NOC(=O)CC(S)C(=O)c1ccccc1. The predicted molar refractivity (Wildman–Crippen MR) is 58.4 cm³/mol. The van der Waals surface area contributed by atoms with Crippen LogP contribution < -0.4 is 5.90 Å². The highest BCUT2D eigenvalue weighted by molar-refractivity contribution is 7.81. The number of thiol groups is 1. The number of hydrogen-bond acceptors (Lipinski definition) is 5. The third-order valence-electron chi connectivity index (χ3n) is 1.85. The summed E-state index contributed by atoms with van der Waals surface area (Å²) in [6.07, 6.45) is -0.132. The molecule has 4 nitrogen and oxygen atoms in total. The fourth-order valence-corrected chi connectivity index (χ4v) is 1.39. The van der Waals surface area contributed by atoms with Crippen molar-refractivity contribution in [3.05, 3.63) is 35.9 Å². The smallest absolute Gasteiger partial charge is 0.325 e. The van der Waals surface area contributed by atoms with E-state index in [2.05, 4.69) is 23.4 Å². The Labute approximate surface area is 92.8 Å². The summed E-state index contributed by atoms with van der Waals surface area (Å²) in [5.41, 5.74) is 0.516. The lowest BCUT2D eigenvalue weighted by molar-refractivity contribution is -0.143. The summed E-state index contributed by atoms with van der Waals surface area (Å²) < 4.78 is 0. The van der Waals surface area contributed by atoms with Crippen LogP contribution in [0, 0.1) is 0 Å². The molecule has 1 unspecified atom stereocenters. The Hall–Kier alpha value is -1.33. The van der Waals surface area contributed by atoms with Crippen LogP contribution in [0.15, 0.2) is 30.3 Å². The van der Waals surface area contributed by atoms with E-state index >= 15 is 0 Å². The Bertz CT molecular complexity index is 353. The Morgan fingerprint density at radius 2 is 1.93 bits per heavy atom. The molecule has 0 saturated carbocycles. The van der Waals surface area contributed by atoms with Crippen LogP contribution in [0.5, 0.6) is 0 Å². The highest BCUT2D eigenvalue weighted by atomic mass is 32.1. The zero-order valence-electron chi connectivity index (χ0n) is 7.92. The summed E-state index contributed by atoms with van der Waals surface area (Å²) >= 11 is 4.02. The first-order valence-corrected chi connectivity index (χ1v) is 4.83. The summed E-state index contributed by atoms with van der Waals surface area (Å²) in [6, 6.07) is 8.63. The van der Waals surface area contributed by atoms with Gasteiger partial charge in [0.05, 0.1) is 11.7 Å². The van der Waals surface area contributed by atoms with E-state index in [4.69, 9.17) is 0 Å². The van der Waals surface area contributed by atoms with Crippen LogP contribution in [0.2, 0.25) is 0 Å². The molecule has 1 rings (SSSR count). The molecule has 80 valence electrons. The summed E-state index contributed by atoms with van der Waals surface area (Å²) in [6.45, 7) is 0. The molecule has 0 aromatic heterocycles. The molecule has 0 radical (unpaired) electrons. The van der Waals surface area contributed by atoms with Gasteiger partial charge < -0.3 is 4.84 Å². The molecule has 0 amide bonds. The van der Waals surface area contributed by atoms with Gasteiger partial charge in [-0.25, -0.2) is 0 Å². The Morgan fingerprint density at radius 3 is 2.47 bits per heavy atom. The topological polar surface area (TPSA) is 69.4 Å². The van der Waals surface area contributed by atoms with Gasteiger partial charge in [-0.15, -0.1) is 0 Å². The second kappa shape index (κ2) is 5.53. The van der Waals surface area contributed by atoms with E-state index in [9.17, 15) is 9.59 Å². The van der Waals surface area contributed by atoms with Gasteiger partial charge in [0, 0.05) is 5.56 Å². The Balaban J connectivity index is 2.65. The summed E-state index contributed by atoms with van der Waals surface area (Å²) in [5.74, 6) is 3.79. The average molecular weight is 225 g/mol. The van der Waals surface area contributed by atoms with Crippen molar-refractivity contribution in [1.29, 1.82) is 0 Å². The number of Topliss-reactive ketones (excluding diaryl/α,β-unsaturated/α-hetero) is 1. The van der Waals surface area contributed by atoms with E-state index < -0.39 is 11.2 Å². The van der Waals surface area contributed by atoms with Crippen LogP contribution in [0.4, 0.5) is 0 Å². The number of hydrogen-bond donors (Lipinski definition) is 2. The molecular formula is C10H11NO3S. The van der Waals surface area contributed by atoms with Crippen molar-refractivity contribution in [2.24, 2.45) is 5.90 Å². The van der Waals surface area contributed by atoms with Gasteiger partial charge in [-0.2, -0.15) is 18.5 Å². The van der Waals surface area contributed by atoms with E-state index in [1.807, 2.05) is 0 Å². The van der Waals surface area contributed by atoms with Crippen molar-refractivity contribution in [1.82, 2.24) is 0 Å². The van der Waals surface area contributed by atoms with Crippen molar-refractivity contribution in [2.45, 2.75) is 11.7 Å². The van der Waals surface area contributed by atoms with Crippen LogP contribution in [0.25, 0.3) is 0 Å². The molecule has 1 aromatic rings. The van der Waals surface area contributed by atoms with Gasteiger partial charge in [0.25, 0.3) is 0 Å². The molecule has 0 saturated heterocycles. The first-order valence-electron chi connectivity index (χ1n) is 4.32. The molecule has 2 N–H and O–H groups in total. The molecule has 0 aliphatic rings. The number of carbonyl (C=O) groups is 2. The second-order valence-electron chi connectivity index (χ2n) is 2.94. The molecule has 1 atom stereocenters. The molecule has 5 heteroatoms. The minimum absolute atomic E-state index is 0.132. The first-order chi connectivity index (χ1) is 7.15. The standard InChI is InChI=1S/C10H11NO3S/c11-14-9(12)6-8(15)10(13)7-4-2-1-3-5-7/h1-5,8,15H,6,11H2. The summed E-state index contributed by atoms with van der Waals surface area (Å²) in [7, 11) is 0. The van der Waals surface area contributed by atoms with Crippen LogP contribution in [0.3, 0.4) is 0 Å². The van der Waals surface area contributed by atoms with Crippen molar-refractivity contribution >= 4 is 24.4 Å². The third-order valence-corrected chi connectivity index (χ3v) is 2.27. The lowest BCUT2D eigenvalue weighted by Crippen LogP contribution is -2.21. The number of ketones is 1. The molecule has 15 heavy (non-hydrogen) atoms. The third kappa shape index (κ3) is 3.38. The molecular weight excluding hydrogens is 214 g/mol. The van der Waals surface area contributed by atoms with E-state index in [0.29, 0.717) is 5.56 Å². The normalized spacial score (nSPS) is 11.9. The number of rotatable bonds is 4. The molecule has 0 heterocycles. The van der Waals surface area contributed by atoms with E-state index in [1.54, 1.807) is 30.3 Å². The minimum Gasteiger partial charge on any atom is -0.373 e. The van der Waals surface area contributed by atoms with Gasteiger partial charge >= 0.3 is 5.97 Å². The van der Waals surface area contributed by atoms with Crippen LogP contribution in [0.1, 0.15) is 16.8 Å². The average Bonchev–Trinajstić information content (AvgIpc) is 2.29. The maximum atomic E-state index is 11.7. The summed E-state index contributed by atoms with van der Waals surface area (Å²) in [4.78, 5) is 26.4. The maximum Gasteiger partial charge on any atom is 0.325 e. The quantitative estimate of drug-likeness (QED) is 0.455. The largest absolute Gasteiger partial charge is 0.373 e. The van der Waals surface area contributed by atoms with Crippen molar-refractivity contribution < 1.29 is 14.4 Å². The second-order valence-corrected chi connectivity index (χ2v) is 3.56. The molecule has 0 aliphatic carbocycles. The molecule has 0 spiro atoms. The predicted octanol–water partition coefficient (Wildman–Crippen LogP) is 0.975. The highest BCUT2D eigenvalue weighted by Crippen LogP contribution is 2.11. The fraction of sp³-hybridized carbons (Fsp3) is 0.200. The van der Waals surface area contributed by atoms with Crippen molar-refractivity contribution in [3.63, 3.8) is 0 Å². The van der Waals surface area contributed by atoms with E-state index in [0.717, 1.165) is 0 Å². The Morgan fingerprint density at radius 1 is 1.33 bits per heavy atom. The molecule has 0 fully saturated rings. The lowest BCUT2D eigenvalue weighted by atomic mass is 10.1. The molecule has 0 aliphatic heterocycles.